The summed E-state index contributed by atoms with van der Waals surface area (Å²) in [6.07, 6.45) is 0.130. The first kappa shape index (κ1) is 28.2. The van der Waals surface area contributed by atoms with E-state index in [-0.39, 0.29) is 24.3 Å². The molecule has 10 heteroatoms. The number of methoxy groups -OCH3 is 1. The smallest absolute Gasteiger partial charge is 0.337 e. The minimum absolute atomic E-state index is 0.210. The van der Waals surface area contributed by atoms with E-state index in [2.05, 4.69) is 78.6 Å². The van der Waals surface area contributed by atoms with E-state index in [1.807, 2.05) is 0 Å². The molecule has 0 aromatic carbocycles. The highest BCUT2D eigenvalue weighted by Gasteiger charge is 2.56. The van der Waals surface area contributed by atoms with Gasteiger partial charge in [0, 0.05) is 12.8 Å². The fourth-order valence-electron chi connectivity index (χ4n) is 3.95. The van der Waals surface area contributed by atoms with E-state index < -0.39 is 38.9 Å². The zero-order valence-electron chi connectivity index (χ0n) is 21.6. The van der Waals surface area contributed by atoms with Gasteiger partial charge in [0.2, 0.25) is 0 Å². The molecule has 0 N–H and O–H groups in total. The van der Waals surface area contributed by atoms with Gasteiger partial charge in [0.05, 0.1) is 25.4 Å². The highest BCUT2D eigenvalue weighted by Crippen LogP contribution is 2.42. The average molecular weight is 495 g/mol. The van der Waals surface area contributed by atoms with E-state index in [1.54, 1.807) is 0 Å². The summed E-state index contributed by atoms with van der Waals surface area (Å²) >= 11 is 0. The molecular formula is C20H46O6Si4. The Morgan fingerprint density at radius 3 is 1.30 bits per heavy atom. The van der Waals surface area contributed by atoms with Crippen molar-refractivity contribution in [3.63, 3.8) is 0 Å². The van der Waals surface area contributed by atoms with Crippen LogP contribution in [0.25, 0.3) is 0 Å². The van der Waals surface area contributed by atoms with Crippen molar-refractivity contribution in [1.29, 1.82) is 0 Å². The summed E-state index contributed by atoms with van der Waals surface area (Å²) in [4.78, 5) is 13.1. The summed E-state index contributed by atoms with van der Waals surface area (Å²) < 4.78 is 31.8. The van der Waals surface area contributed by atoms with Gasteiger partial charge >= 0.3 is 5.97 Å². The first-order chi connectivity index (χ1) is 13.2. The summed E-state index contributed by atoms with van der Waals surface area (Å²) in [6, 6.07) is 0. The third-order valence-corrected chi connectivity index (χ3v) is 8.36. The molecule has 0 heterocycles. The highest BCUT2D eigenvalue weighted by atomic mass is 28.4. The minimum atomic E-state index is -2.06. The molecule has 0 spiro atoms. The number of rotatable bonds is 9. The summed E-state index contributed by atoms with van der Waals surface area (Å²) in [5, 5.41) is 0. The van der Waals surface area contributed by atoms with Crippen LogP contribution in [0.4, 0.5) is 0 Å². The second-order valence-electron chi connectivity index (χ2n) is 12.3. The molecule has 178 valence electrons. The fourth-order valence-corrected chi connectivity index (χ4v) is 8.75. The molecule has 1 rings (SSSR count). The topological polar surface area (TPSA) is 63.2 Å². The highest BCUT2D eigenvalue weighted by molar-refractivity contribution is 6.71. The summed E-state index contributed by atoms with van der Waals surface area (Å²) in [5.41, 5.74) is -1.06. The van der Waals surface area contributed by atoms with E-state index in [0.29, 0.717) is 12.8 Å². The van der Waals surface area contributed by atoms with Crippen LogP contribution in [0.3, 0.4) is 0 Å². The van der Waals surface area contributed by atoms with Crippen LogP contribution in [0.5, 0.6) is 0 Å². The molecule has 1 fully saturated rings. The predicted molar refractivity (Wildman–Crippen MR) is 133 cm³/mol. The Bertz CT molecular complexity index is 560. The third kappa shape index (κ3) is 9.35. The molecule has 2 atom stereocenters. The van der Waals surface area contributed by atoms with Crippen LogP contribution in [0.1, 0.15) is 12.8 Å². The van der Waals surface area contributed by atoms with Crippen LogP contribution in [-0.4, -0.2) is 70.3 Å². The van der Waals surface area contributed by atoms with Crippen molar-refractivity contribution in [2.75, 3.05) is 7.11 Å². The first-order valence-electron chi connectivity index (χ1n) is 11.0. The Morgan fingerprint density at radius 2 is 1.03 bits per heavy atom. The standard InChI is InChI=1S/C20H46O6Si4/c1-22-19(21)20(26-30(11,12)13)14-16(23-27(2,3)4)18(25-29(8,9)10)17(15-20)24-28(5,6)7/h16-18H,14-15H2,1-13H3. The van der Waals surface area contributed by atoms with Gasteiger partial charge in [-0.2, -0.15) is 0 Å². The molecule has 0 bridgehead atoms. The van der Waals surface area contributed by atoms with Gasteiger partial charge in [0.15, 0.2) is 38.9 Å². The lowest BCUT2D eigenvalue weighted by Gasteiger charge is -2.51. The zero-order valence-corrected chi connectivity index (χ0v) is 25.6. The molecule has 1 aliphatic rings. The summed E-state index contributed by atoms with van der Waals surface area (Å²) in [5.74, 6) is -0.329. The van der Waals surface area contributed by atoms with Crippen LogP contribution >= 0.6 is 0 Å². The predicted octanol–water partition coefficient (Wildman–Crippen LogP) is 5.20. The minimum Gasteiger partial charge on any atom is -0.467 e. The Kier molecular flexibility index (Phi) is 9.01. The lowest BCUT2D eigenvalue weighted by molar-refractivity contribution is -0.180. The molecule has 30 heavy (non-hydrogen) atoms. The molecule has 2 unspecified atom stereocenters. The molecule has 6 nitrogen and oxygen atoms in total. The molecule has 1 saturated carbocycles. The number of carbonyl (C=O) groups excluding carboxylic acids is 1. The van der Waals surface area contributed by atoms with Crippen LogP contribution in [0.2, 0.25) is 78.6 Å². The van der Waals surface area contributed by atoms with E-state index in [4.69, 9.17) is 22.4 Å². The quantitative estimate of drug-likeness (QED) is 0.324. The number of esters is 1. The Balaban J connectivity index is 3.54. The van der Waals surface area contributed by atoms with Gasteiger partial charge < -0.3 is 22.4 Å². The lowest BCUT2D eigenvalue weighted by atomic mass is 9.79. The Labute approximate surface area is 188 Å². The maximum atomic E-state index is 13.1. The number of hydrogen-bond donors (Lipinski definition) is 0. The average Bonchev–Trinajstić information content (AvgIpc) is 2.44. The monoisotopic (exact) mass is 494 g/mol. The largest absolute Gasteiger partial charge is 0.467 e. The molecule has 0 radical (unpaired) electrons. The van der Waals surface area contributed by atoms with E-state index in [0.717, 1.165) is 0 Å². The number of ether oxygens (including phenoxy) is 1. The van der Waals surface area contributed by atoms with Gasteiger partial charge in [-0.1, -0.05) is 0 Å². The Hall–Kier alpha value is 0.178. The number of hydrogen-bond acceptors (Lipinski definition) is 6. The van der Waals surface area contributed by atoms with Crippen LogP contribution in [0, 0.1) is 0 Å². The van der Waals surface area contributed by atoms with Crippen molar-refractivity contribution in [2.45, 2.75) is 115 Å². The molecule has 0 aromatic heterocycles. The van der Waals surface area contributed by atoms with Gasteiger partial charge in [-0.15, -0.1) is 0 Å². The van der Waals surface area contributed by atoms with Crippen molar-refractivity contribution >= 4 is 39.2 Å². The van der Waals surface area contributed by atoms with Gasteiger partial charge in [0.1, 0.15) is 0 Å². The molecule has 0 aromatic rings. The molecule has 0 saturated heterocycles. The van der Waals surface area contributed by atoms with Crippen molar-refractivity contribution in [2.24, 2.45) is 0 Å². The second kappa shape index (κ2) is 9.58. The normalized spacial score (nSPS) is 29.0. The van der Waals surface area contributed by atoms with Gasteiger partial charge in [-0.25, -0.2) is 4.79 Å². The molecule has 0 amide bonds. The maximum absolute atomic E-state index is 13.1. The molecule has 0 aliphatic heterocycles. The van der Waals surface area contributed by atoms with Gasteiger partial charge in [-0.3, -0.25) is 0 Å². The van der Waals surface area contributed by atoms with E-state index in [1.165, 1.54) is 7.11 Å². The Morgan fingerprint density at radius 1 is 0.667 bits per heavy atom. The van der Waals surface area contributed by atoms with Gasteiger partial charge in [0.25, 0.3) is 0 Å². The molecular weight excluding hydrogens is 449 g/mol. The lowest BCUT2D eigenvalue weighted by Crippen LogP contribution is -2.65. The zero-order chi connectivity index (χ0) is 23.8. The van der Waals surface area contributed by atoms with Crippen molar-refractivity contribution in [3.05, 3.63) is 0 Å². The van der Waals surface area contributed by atoms with Crippen LogP contribution in [0.15, 0.2) is 0 Å². The van der Waals surface area contributed by atoms with Gasteiger partial charge in [-0.05, 0) is 78.6 Å². The first-order valence-corrected chi connectivity index (χ1v) is 24.6. The third-order valence-electron chi connectivity index (χ3n) is 4.35. The summed E-state index contributed by atoms with van der Waals surface area (Å²) in [6.45, 7) is 25.9. The van der Waals surface area contributed by atoms with Crippen molar-refractivity contribution < 1.29 is 27.2 Å². The van der Waals surface area contributed by atoms with E-state index in [9.17, 15) is 4.79 Å². The number of carbonyl (C=O) groups is 1. The second-order valence-corrected chi connectivity index (χ2v) is 30.2. The summed E-state index contributed by atoms with van der Waals surface area (Å²) in [7, 11) is -6.35. The SMILES string of the molecule is COC(=O)C1(O[Si](C)(C)C)CC(O[Si](C)(C)C)C(O[Si](C)(C)C)C(O[Si](C)(C)C)C1. The van der Waals surface area contributed by atoms with Crippen LogP contribution < -0.4 is 0 Å². The van der Waals surface area contributed by atoms with E-state index >= 15 is 0 Å². The molecule has 1 aliphatic carbocycles. The maximum Gasteiger partial charge on any atom is 0.337 e. The van der Waals surface area contributed by atoms with Crippen molar-refractivity contribution in [3.8, 4) is 0 Å². The van der Waals surface area contributed by atoms with Crippen molar-refractivity contribution in [1.82, 2.24) is 0 Å². The van der Waals surface area contributed by atoms with Crippen LogP contribution in [-0.2, 0) is 27.2 Å². The fraction of sp³-hybridized carbons (Fsp3) is 0.950.